The van der Waals surface area contributed by atoms with Crippen molar-refractivity contribution in [3.05, 3.63) is 24.0 Å². The van der Waals surface area contributed by atoms with Gasteiger partial charge in [0, 0.05) is 12.7 Å². The van der Waals surface area contributed by atoms with Gasteiger partial charge in [-0.2, -0.15) is 5.26 Å². The normalized spacial score (nSPS) is 19.1. The van der Waals surface area contributed by atoms with Crippen LogP contribution in [-0.2, 0) is 0 Å². The van der Waals surface area contributed by atoms with Crippen molar-refractivity contribution in [1.82, 2.24) is 4.98 Å². The van der Waals surface area contributed by atoms with E-state index in [1.54, 1.807) is 6.20 Å². The van der Waals surface area contributed by atoms with Crippen molar-refractivity contribution in [3.63, 3.8) is 0 Å². The van der Waals surface area contributed by atoms with Crippen LogP contribution in [0.2, 0.25) is 0 Å². The molecule has 3 heteroatoms. The average Bonchev–Trinajstić information content (AvgIpc) is 3.23. The second-order valence-electron chi connectivity index (χ2n) is 5.23. The number of rotatable bonds is 5. The lowest BCUT2D eigenvalue weighted by Crippen LogP contribution is -2.18. The first-order valence-electron chi connectivity index (χ1n) is 6.47. The SMILES string of the molecule is N#Cc1ncccc1NCC(C1CC1)C1CC1. The molecule has 1 aromatic heterocycles. The summed E-state index contributed by atoms with van der Waals surface area (Å²) in [5.41, 5.74) is 1.40. The minimum absolute atomic E-state index is 0.512. The molecule has 1 N–H and O–H groups in total. The summed E-state index contributed by atoms with van der Waals surface area (Å²) in [5.74, 6) is 2.70. The number of pyridine rings is 1. The molecule has 2 fully saturated rings. The first kappa shape index (κ1) is 10.6. The van der Waals surface area contributed by atoms with Gasteiger partial charge >= 0.3 is 0 Å². The molecule has 2 saturated carbocycles. The summed E-state index contributed by atoms with van der Waals surface area (Å²) < 4.78 is 0. The Bertz CT molecular complexity index is 429. The molecular weight excluding hydrogens is 210 g/mol. The molecule has 0 amide bonds. The Labute approximate surface area is 102 Å². The smallest absolute Gasteiger partial charge is 0.163 e. The molecule has 0 atom stereocenters. The number of nitrogens with zero attached hydrogens (tertiary/aromatic N) is 2. The first-order valence-corrected chi connectivity index (χ1v) is 6.47. The lowest BCUT2D eigenvalue weighted by molar-refractivity contribution is 0.428. The van der Waals surface area contributed by atoms with Crippen LogP contribution in [0.25, 0.3) is 0 Å². The maximum absolute atomic E-state index is 8.97. The Morgan fingerprint density at radius 2 is 2.06 bits per heavy atom. The quantitative estimate of drug-likeness (QED) is 0.841. The van der Waals surface area contributed by atoms with E-state index < -0.39 is 0 Å². The standard InChI is InChI=1S/C14H17N3/c15-8-14-13(2-1-7-16-14)17-9-12(10-3-4-10)11-5-6-11/h1-2,7,10-12,17H,3-6,9H2. The fraction of sp³-hybridized carbons (Fsp3) is 0.571. The van der Waals surface area contributed by atoms with E-state index in [-0.39, 0.29) is 0 Å². The van der Waals surface area contributed by atoms with Gasteiger partial charge in [-0.15, -0.1) is 0 Å². The molecule has 17 heavy (non-hydrogen) atoms. The summed E-state index contributed by atoms with van der Waals surface area (Å²) in [6, 6.07) is 5.96. The van der Waals surface area contributed by atoms with Crippen LogP contribution in [0.3, 0.4) is 0 Å². The fourth-order valence-corrected chi connectivity index (χ4v) is 2.63. The molecule has 0 saturated heterocycles. The molecule has 0 unspecified atom stereocenters. The van der Waals surface area contributed by atoms with Gasteiger partial charge in [-0.25, -0.2) is 4.98 Å². The van der Waals surface area contributed by atoms with Crippen LogP contribution < -0.4 is 5.32 Å². The van der Waals surface area contributed by atoms with E-state index in [0.717, 1.165) is 30.0 Å². The Morgan fingerprint density at radius 3 is 2.65 bits per heavy atom. The third kappa shape index (κ3) is 2.41. The van der Waals surface area contributed by atoms with E-state index in [1.807, 2.05) is 12.1 Å². The van der Waals surface area contributed by atoms with Crippen LogP contribution in [0.15, 0.2) is 18.3 Å². The van der Waals surface area contributed by atoms with Crippen molar-refractivity contribution < 1.29 is 0 Å². The average molecular weight is 227 g/mol. The van der Waals surface area contributed by atoms with Crippen LogP contribution >= 0.6 is 0 Å². The Kier molecular flexibility index (Phi) is 2.72. The van der Waals surface area contributed by atoms with Crippen molar-refractivity contribution in [2.24, 2.45) is 17.8 Å². The van der Waals surface area contributed by atoms with Crippen LogP contribution in [0.5, 0.6) is 0 Å². The van der Waals surface area contributed by atoms with Crippen LogP contribution in [0, 0.1) is 29.1 Å². The first-order chi connectivity index (χ1) is 8.38. The molecule has 0 aliphatic heterocycles. The minimum atomic E-state index is 0.512. The summed E-state index contributed by atoms with van der Waals surface area (Å²) >= 11 is 0. The Balaban J connectivity index is 1.64. The van der Waals surface area contributed by atoms with Crippen molar-refractivity contribution >= 4 is 5.69 Å². The highest BCUT2D eigenvalue weighted by Crippen LogP contribution is 2.49. The monoisotopic (exact) mass is 227 g/mol. The molecular formula is C14H17N3. The molecule has 88 valence electrons. The van der Waals surface area contributed by atoms with Gasteiger partial charge < -0.3 is 5.32 Å². The molecule has 1 aromatic rings. The van der Waals surface area contributed by atoms with Crippen molar-refractivity contribution in [2.45, 2.75) is 25.7 Å². The summed E-state index contributed by atoms with van der Waals surface area (Å²) in [5, 5.41) is 12.4. The number of hydrogen-bond donors (Lipinski definition) is 1. The lowest BCUT2D eigenvalue weighted by Gasteiger charge is -2.17. The maximum Gasteiger partial charge on any atom is 0.163 e. The summed E-state index contributed by atoms with van der Waals surface area (Å²) in [6.45, 7) is 1.01. The second kappa shape index (κ2) is 4.37. The zero-order valence-electron chi connectivity index (χ0n) is 9.89. The van der Waals surface area contributed by atoms with Crippen LogP contribution in [0.1, 0.15) is 31.4 Å². The number of hydrogen-bond acceptors (Lipinski definition) is 3. The number of nitriles is 1. The predicted octanol–water partition coefficient (Wildman–Crippen LogP) is 2.80. The van der Waals surface area contributed by atoms with Crippen molar-refractivity contribution in [1.29, 1.82) is 5.26 Å². The highest BCUT2D eigenvalue weighted by Gasteiger charge is 2.41. The zero-order chi connectivity index (χ0) is 11.7. The Hall–Kier alpha value is -1.56. The van der Waals surface area contributed by atoms with Crippen molar-refractivity contribution in [3.8, 4) is 6.07 Å². The van der Waals surface area contributed by atoms with Gasteiger partial charge in [0.1, 0.15) is 6.07 Å². The predicted molar refractivity (Wildman–Crippen MR) is 66.4 cm³/mol. The van der Waals surface area contributed by atoms with Gasteiger partial charge in [-0.05, 0) is 55.6 Å². The fourth-order valence-electron chi connectivity index (χ4n) is 2.63. The largest absolute Gasteiger partial charge is 0.382 e. The number of anilines is 1. The third-order valence-electron chi connectivity index (χ3n) is 3.90. The molecule has 2 aliphatic carbocycles. The van der Waals surface area contributed by atoms with E-state index in [4.69, 9.17) is 5.26 Å². The second-order valence-corrected chi connectivity index (χ2v) is 5.23. The van der Waals surface area contributed by atoms with E-state index in [9.17, 15) is 0 Å². The van der Waals surface area contributed by atoms with E-state index in [2.05, 4.69) is 16.4 Å². The number of aromatic nitrogens is 1. The van der Waals surface area contributed by atoms with Gasteiger partial charge in [0.05, 0.1) is 5.69 Å². The lowest BCUT2D eigenvalue weighted by atomic mass is 9.98. The van der Waals surface area contributed by atoms with E-state index in [0.29, 0.717) is 5.69 Å². The van der Waals surface area contributed by atoms with Gasteiger partial charge in [0.25, 0.3) is 0 Å². The van der Waals surface area contributed by atoms with Crippen LogP contribution in [-0.4, -0.2) is 11.5 Å². The van der Waals surface area contributed by atoms with Gasteiger partial charge in [0.15, 0.2) is 5.69 Å². The maximum atomic E-state index is 8.97. The molecule has 3 rings (SSSR count). The van der Waals surface area contributed by atoms with Gasteiger partial charge in [-0.1, -0.05) is 0 Å². The molecule has 3 nitrogen and oxygen atoms in total. The van der Waals surface area contributed by atoms with Crippen LogP contribution in [0.4, 0.5) is 5.69 Å². The van der Waals surface area contributed by atoms with E-state index >= 15 is 0 Å². The minimum Gasteiger partial charge on any atom is -0.382 e. The molecule has 0 spiro atoms. The highest BCUT2D eigenvalue weighted by molar-refractivity contribution is 5.53. The number of nitrogens with one attached hydrogen (secondary N) is 1. The topological polar surface area (TPSA) is 48.7 Å². The molecule has 2 aliphatic rings. The highest BCUT2D eigenvalue weighted by atomic mass is 14.9. The van der Waals surface area contributed by atoms with Gasteiger partial charge in [0.2, 0.25) is 0 Å². The zero-order valence-corrected chi connectivity index (χ0v) is 9.89. The molecule has 0 radical (unpaired) electrons. The molecule has 0 bridgehead atoms. The van der Waals surface area contributed by atoms with Gasteiger partial charge in [-0.3, -0.25) is 0 Å². The summed E-state index contributed by atoms with van der Waals surface area (Å²) in [4.78, 5) is 4.07. The third-order valence-corrected chi connectivity index (χ3v) is 3.90. The molecule has 0 aromatic carbocycles. The molecule has 1 heterocycles. The summed E-state index contributed by atoms with van der Waals surface area (Å²) in [7, 11) is 0. The summed E-state index contributed by atoms with van der Waals surface area (Å²) in [6.07, 6.45) is 7.28. The Morgan fingerprint density at radius 1 is 1.35 bits per heavy atom. The van der Waals surface area contributed by atoms with Crippen molar-refractivity contribution in [2.75, 3.05) is 11.9 Å². The van der Waals surface area contributed by atoms with E-state index in [1.165, 1.54) is 25.7 Å².